The molecule has 0 bridgehead atoms. The molecular formula is C24H30Cl3N3O4S. The quantitative estimate of drug-likeness (QED) is 0.446. The summed E-state index contributed by atoms with van der Waals surface area (Å²) in [5.74, 6) is -0.693. The predicted molar refractivity (Wildman–Crippen MR) is 143 cm³/mol. The van der Waals surface area contributed by atoms with Gasteiger partial charge in [-0.25, -0.2) is 8.42 Å². The van der Waals surface area contributed by atoms with Crippen molar-refractivity contribution in [2.75, 3.05) is 23.7 Å². The van der Waals surface area contributed by atoms with Crippen LogP contribution in [0.15, 0.2) is 36.4 Å². The number of carbonyl (C=O) groups is 2. The maximum atomic E-state index is 13.6. The lowest BCUT2D eigenvalue weighted by atomic mass is 10.1. The summed E-state index contributed by atoms with van der Waals surface area (Å²) in [5, 5.41) is 3.86. The zero-order valence-electron chi connectivity index (χ0n) is 20.3. The average molecular weight is 563 g/mol. The molecule has 0 aliphatic rings. The summed E-state index contributed by atoms with van der Waals surface area (Å²) >= 11 is 18.4. The van der Waals surface area contributed by atoms with E-state index in [-0.39, 0.29) is 18.4 Å². The number of hydrogen-bond acceptors (Lipinski definition) is 4. The van der Waals surface area contributed by atoms with Crippen LogP contribution in [0.25, 0.3) is 0 Å². The molecule has 0 aliphatic carbocycles. The Bertz CT molecular complexity index is 1190. The number of nitrogens with one attached hydrogen (secondary N) is 1. The number of anilines is 1. The largest absolute Gasteiger partial charge is 0.354 e. The van der Waals surface area contributed by atoms with Crippen molar-refractivity contribution < 1.29 is 18.0 Å². The lowest BCUT2D eigenvalue weighted by molar-refractivity contribution is -0.139. The van der Waals surface area contributed by atoms with Crippen molar-refractivity contribution in [1.29, 1.82) is 0 Å². The van der Waals surface area contributed by atoms with Gasteiger partial charge in [-0.3, -0.25) is 13.9 Å². The highest BCUT2D eigenvalue weighted by molar-refractivity contribution is 7.92. The van der Waals surface area contributed by atoms with Gasteiger partial charge in [0.05, 0.1) is 22.0 Å². The minimum Gasteiger partial charge on any atom is -0.354 e. The van der Waals surface area contributed by atoms with E-state index in [1.54, 1.807) is 50.2 Å². The van der Waals surface area contributed by atoms with Crippen LogP contribution in [0.1, 0.15) is 31.9 Å². The van der Waals surface area contributed by atoms with Gasteiger partial charge >= 0.3 is 0 Å². The number of hydrogen-bond donors (Lipinski definition) is 1. The molecule has 0 aromatic heterocycles. The minimum atomic E-state index is -3.85. The van der Waals surface area contributed by atoms with E-state index in [4.69, 9.17) is 34.8 Å². The summed E-state index contributed by atoms with van der Waals surface area (Å²) < 4.78 is 26.3. The summed E-state index contributed by atoms with van der Waals surface area (Å²) in [5.41, 5.74) is 1.45. The molecule has 2 rings (SSSR count). The Labute approximate surface area is 222 Å². The van der Waals surface area contributed by atoms with Gasteiger partial charge in [-0.15, -0.1) is 0 Å². The third kappa shape index (κ3) is 8.00. The third-order valence-corrected chi connectivity index (χ3v) is 7.65. The van der Waals surface area contributed by atoms with E-state index in [2.05, 4.69) is 5.32 Å². The molecule has 7 nitrogen and oxygen atoms in total. The second kappa shape index (κ2) is 12.3. The Kier molecular flexibility index (Phi) is 10.3. The normalized spacial score (nSPS) is 12.4. The lowest BCUT2D eigenvalue weighted by Crippen LogP contribution is -2.51. The fourth-order valence-electron chi connectivity index (χ4n) is 3.33. The van der Waals surface area contributed by atoms with E-state index in [9.17, 15) is 18.0 Å². The molecule has 0 aliphatic heterocycles. The molecule has 2 aromatic rings. The Balaban J connectivity index is 2.43. The standard InChI is InChI=1S/C24H30Cl3N3O4S/c1-15(2)12-28-24(32)17(4)29(13-18-9-10-20(26)21(27)11-18)23(31)14-30(35(5,33)34)22-8-6-7-19(25)16(22)3/h6-11,15,17H,12-14H2,1-5H3,(H,28,32)/t17-/m1/s1. The number of benzene rings is 2. The van der Waals surface area contributed by atoms with Crippen molar-refractivity contribution in [2.45, 2.75) is 40.3 Å². The monoisotopic (exact) mass is 561 g/mol. The van der Waals surface area contributed by atoms with Gasteiger partial charge < -0.3 is 10.2 Å². The summed E-state index contributed by atoms with van der Waals surface area (Å²) in [6.07, 6.45) is 1.02. The van der Waals surface area contributed by atoms with Gasteiger partial charge in [-0.1, -0.05) is 60.8 Å². The van der Waals surface area contributed by atoms with E-state index < -0.39 is 28.5 Å². The zero-order chi connectivity index (χ0) is 26.5. The molecule has 2 aromatic carbocycles. The van der Waals surface area contributed by atoms with Gasteiger partial charge in [-0.05, 0) is 55.2 Å². The van der Waals surface area contributed by atoms with E-state index in [0.717, 1.165) is 10.6 Å². The van der Waals surface area contributed by atoms with Crippen molar-refractivity contribution >= 4 is 62.3 Å². The van der Waals surface area contributed by atoms with Crippen LogP contribution in [-0.2, 0) is 26.2 Å². The number of carbonyl (C=O) groups excluding carboxylic acids is 2. The van der Waals surface area contributed by atoms with Crippen molar-refractivity contribution in [3.05, 3.63) is 62.6 Å². The van der Waals surface area contributed by atoms with Gasteiger partial charge in [-0.2, -0.15) is 0 Å². The van der Waals surface area contributed by atoms with Crippen LogP contribution in [0.5, 0.6) is 0 Å². The van der Waals surface area contributed by atoms with Crippen LogP contribution in [0.3, 0.4) is 0 Å². The molecule has 2 amide bonds. The molecule has 1 N–H and O–H groups in total. The van der Waals surface area contributed by atoms with Gasteiger partial charge in [0.25, 0.3) is 0 Å². The van der Waals surface area contributed by atoms with Crippen molar-refractivity contribution in [3.63, 3.8) is 0 Å². The van der Waals surface area contributed by atoms with Crippen LogP contribution in [-0.4, -0.2) is 50.5 Å². The first-order chi connectivity index (χ1) is 16.2. The third-order valence-electron chi connectivity index (χ3n) is 5.38. The van der Waals surface area contributed by atoms with Crippen LogP contribution in [0, 0.1) is 12.8 Å². The van der Waals surface area contributed by atoms with E-state index >= 15 is 0 Å². The highest BCUT2D eigenvalue weighted by Crippen LogP contribution is 2.29. The number of amides is 2. The molecule has 11 heteroatoms. The van der Waals surface area contributed by atoms with Crippen molar-refractivity contribution in [3.8, 4) is 0 Å². The molecule has 0 fully saturated rings. The second-order valence-electron chi connectivity index (χ2n) is 8.74. The summed E-state index contributed by atoms with van der Waals surface area (Å²) in [4.78, 5) is 27.7. The first-order valence-electron chi connectivity index (χ1n) is 11.0. The van der Waals surface area contributed by atoms with Crippen LogP contribution >= 0.6 is 34.8 Å². The fraction of sp³-hybridized carbons (Fsp3) is 0.417. The van der Waals surface area contributed by atoms with Gasteiger partial charge in [0.15, 0.2) is 0 Å². The van der Waals surface area contributed by atoms with Crippen molar-refractivity contribution in [1.82, 2.24) is 10.2 Å². The fourth-order valence-corrected chi connectivity index (χ4v) is 4.72. The van der Waals surface area contributed by atoms with E-state index in [1.807, 2.05) is 13.8 Å². The maximum absolute atomic E-state index is 13.6. The number of sulfonamides is 1. The SMILES string of the molecule is Cc1c(Cl)cccc1N(CC(=O)N(Cc1ccc(Cl)c(Cl)c1)[C@H](C)C(=O)NCC(C)C)S(C)(=O)=O. The minimum absolute atomic E-state index is 0.0259. The number of nitrogens with zero attached hydrogens (tertiary/aromatic N) is 2. The van der Waals surface area contributed by atoms with Gasteiger partial charge in [0.1, 0.15) is 12.6 Å². The predicted octanol–water partition coefficient (Wildman–Crippen LogP) is 4.91. The van der Waals surface area contributed by atoms with E-state index in [1.165, 1.54) is 4.90 Å². The van der Waals surface area contributed by atoms with Crippen LogP contribution in [0.2, 0.25) is 15.1 Å². The second-order valence-corrected chi connectivity index (χ2v) is 11.9. The molecule has 0 heterocycles. The molecule has 1 atom stereocenters. The molecule has 0 spiro atoms. The first kappa shape index (κ1) is 29.2. The molecule has 0 radical (unpaired) electrons. The molecule has 35 heavy (non-hydrogen) atoms. The number of rotatable bonds is 10. The topological polar surface area (TPSA) is 86.8 Å². The Morgan fingerprint density at radius 1 is 1.00 bits per heavy atom. The van der Waals surface area contributed by atoms with Gasteiger partial charge in [0.2, 0.25) is 21.8 Å². The molecule has 0 unspecified atom stereocenters. The smallest absolute Gasteiger partial charge is 0.244 e. The molecule has 0 saturated carbocycles. The maximum Gasteiger partial charge on any atom is 0.244 e. The van der Waals surface area contributed by atoms with Crippen LogP contribution in [0.4, 0.5) is 5.69 Å². The molecule has 192 valence electrons. The van der Waals surface area contributed by atoms with Crippen molar-refractivity contribution in [2.24, 2.45) is 5.92 Å². The number of halogens is 3. The Hall–Kier alpha value is -2.00. The molecule has 0 saturated heterocycles. The summed E-state index contributed by atoms with van der Waals surface area (Å²) in [6.45, 7) is 7.15. The van der Waals surface area contributed by atoms with Gasteiger partial charge in [0, 0.05) is 18.1 Å². The summed E-state index contributed by atoms with van der Waals surface area (Å²) in [6, 6.07) is 8.86. The molecular weight excluding hydrogens is 533 g/mol. The highest BCUT2D eigenvalue weighted by Gasteiger charge is 2.31. The summed E-state index contributed by atoms with van der Waals surface area (Å²) in [7, 11) is -3.85. The average Bonchev–Trinajstić information content (AvgIpc) is 2.77. The van der Waals surface area contributed by atoms with Crippen LogP contribution < -0.4 is 9.62 Å². The Morgan fingerprint density at radius 3 is 2.23 bits per heavy atom. The highest BCUT2D eigenvalue weighted by atomic mass is 35.5. The Morgan fingerprint density at radius 2 is 1.66 bits per heavy atom. The lowest BCUT2D eigenvalue weighted by Gasteiger charge is -2.32. The zero-order valence-corrected chi connectivity index (χ0v) is 23.4. The van der Waals surface area contributed by atoms with E-state index in [0.29, 0.717) is 38.4 Å². The first-order valence-corrected chi connectivity index (χ1v) is 13.9.